The summed E-state index contributed by atoms with van der Waals surface area (Å²) in [7, 11) is 0. The first-order valence-corrected chi connectivity index (χ1v) is 6.84. The van der Waals surface area contributed by atoms with Crippen molar-refractivity contribution in [3.05, 3.63) is 0 Å². The Labute approximate surface area is 103 Å². The minimum absolute atomic E-state index is 0.0840. The number of nitrogens with one attached hydrogen (secondary N) is 1. The Hall–Kier alpha value is -0.640. The van der Waals surface area contributed by atoms with Gasteiger partial charge in [0.15, 0.2) is 0 Å². The Kier molecular flexibility index (Phi) is 4.77. The van der Waals surface area contributed by atoms with Crippen molar-refractivity contribution in [3.63, 3.8) is 0 Å². The van der Waals surface area contributed by atoms with Gasteiger partial charge in [-0.2, -0.15) is 0 Å². The second-order valence-electron chi connectivity index (χ2n) is 5.40. The number of rotatable bonds is 3. The first-order valence-electron chi connectivity index (χ1n) is 6.84. The normalized spacial score (nSPS) is 27.1. The summed E-state index contributed by atoms with van der Waals surface area (Å²) in [6, 6.07) is 0. The SMILES string of the molecule is O=C(CC1CCNCC1)N1CCCC(CF)C1. The molecule has 0 aromatic rings. The van der Waals surface area contributed by atoms with Gasteiger partial charge in [-0.25, -0.2) is 0 Å². The van der Waals surface area contributed by atoms with Crippen LogP contribution >= 0.6 is 0 Å². The standard InChI is InChI=1S/C13H23FN2O/c14-9-12-2-1-7-16(10-12)13(17)8-11-3-5-15-6-4-11/h11-12,15H,1-10H2. The van der Waals surface area contributed by atoms with Gasteiger partial charge in [0.1, 0.15) is 0 Å². The molecule has 1 unspecified atom stereocenters. The maximum atomic E-state index is 12.6. The van der Waals surface area contributed by atoms with Crippen molar-refractivity contribution in [3.8, 4) is 0 Å². The van der Waals surface area contributed by atoms with E-state index in [0.29, 0.717) is 18.9 Å². The minimum atomic E-state index is -0.281. The number of hydrogen-bond acceptors (Lipinski definition) is 2. The fourth-order valence-electron chi connectivity index (χ4n) is 2.88. The lowest BCUT2D eigenvalue weighted by atomic mass is 9.93. The highest BCUT2D eigenvalue weighted by Crippen LogP contribution is 2.21. The third-order valence-electron chi connectivity index (χ3n) is 4.01. The van der Waals surface area contributed by atoms with E-state index in [9.17, 15) is 9.18 Å². The highest BCUT2D eigenvalue weighted by atomic mass is 19.1. The molecule has 2 saturated heterocycles. The van der Waals surface area contributed by atoms with E-state index >= 15 is 0 Å². The number of carbonyl (C=O) groups excluding carboxylic acids is 1. The highest BCUT2D eigenvalue weighted by Gasteiger charge is 2.25. The third-order valence-corrected chi connectivity index (χ3v) is 4.01. The molecule has 1 N–H and O–H groups in total. The van der Waals surface area contributed by atoms with Gasteiger partial charge < -0.3 is 10.2 Å². The van der Waals surface area contributed by atoms with E-state index in [1.54, 1.807) is 0 Å². The zero-order valence-electron chi connectivity index (χ0n) is 10.5. The van der Waals surface area contributed by atoms with E-state index in [0.717, 1.165) is 45.3 Å². The smallest absolute Gasteiger partial charge is 0.222 e. The lowest BCUT2D eigenvalue weighted by Crippen LogP contribution is -2.42. The Morgan fingerprint density at radius 1 is 1.24 bits per heavy atom. The average molecular weight is 242 g/mol. The van der Waals surface area contributed by atoms with Crippen LogP contribution < -0.4 is 5.32 Å². The summed E-state index contributed by atoms with van der Waals surface area (Å²) in [6.45, 7) is 3.26. The average Bonchev–Trinajstić information content (AvgIpc) is 2.40. The molecular formula is C13H23FN2O. The Balaban J connectivity index is 1.78. The molecule has 4 heteroatoms. The fraction of sp³-hybridized carbons (Fsp3) is 0.923. The van der Waals surface area contributed by atoms with Gasteiger partial charge >= 0.3 is 0 Å². The van der Waals surface area contributed by atoms with Gasteiger partial charge in [0.25, 0.3) is 0 Å². The first kappa shape index (κ1) is 12.8. The van der Waals surface area contributed by atoms with Gasteiger partial charge in [-0.1, -0.05) is 0 Å². The highest BCUT2D eigenvalue weighted by molar-refractivity contribution is 5.76. The summed E-state index contributed by atoms with van der Waals surface area (Å²) in [5, 5.41) is 3.31. The summed E-state index contributed by atoms with van der Waals surface area (Å²) >= 11 is 0. The van der Waals surface area contributed by atoms with E-state index in [1.165, 1.54) is 0 Å². The quantitative estimate of drug-likeness (QED) is 0.815. The van der Waals surface area contributed by atoms with Gasteiger partial charge in [-0.3, -0.25) is 9.18 Å². The zero-order valence-corrected chi connectivity index (χ0v) is 10.5. The molecule has 0 bridgehead atoms. The van der Waals surface area contributed by atoms with Crippen LogP contribution in [0.4, 0.5) is 4.39 Å². The van der Waals surface area contributed by atoms with Gasteiger partial charge in [-0.05, 0) is 44.7 Å². The van der Waals surface area contributed by atoms with Crippen molar-refractivity contribution in [2.75, 3.05) is 32.9 Å². The Morgan fingerprint density at radius 3 is 2.71 bits per heavy atom. The van der Waals surface area contributed by atoms with Crippen LogP contribution in [0.3, 0.4) is 0 Å². The molecule has 3 nitrogen and oxygen atoms in total. The summed E-state index contributed by atoms with van der Waals surface area (Å²) < 4.78 is 12.6. The molecule has 17 heavy (non-hydrogen) atoms. The number of alkyl halides is 1. The molecule has 2 aliphatic rings. The summed E-state index contributed by atoms with van der Waals surface area (Å²) in [5.74, 6) is 0.866. The molecule has 0 saturated carbocycles. The molecule has 0 spiro atoms. The van der Waals surface area contributed by atoms with Crippen LogP contribution in [0.5, 0.6) is 0 Å². The minimum Gasteiger partial charge on any atom is -0.342 e. The van der Waals surface area contributed by atoms with Crippen LogP contribution in [0, 0.1) is 11.8 Å². The summed E-state index contributed by atoms with van der Waals surface area (Å²) in [4.78, 5) is 14.0. The lowest BCUT2D eigenvalue weighted by Gasteiger charge is -2.33. The molecular weight excluding hydrogens is 219 g/mol. The van der Waals surface area contributed by atoms with Crippen LogP contribution in [0.2, 0.25) is 0 Å². The van der Waals surface area contributed by atoms with Gasteiger partial charge in [-0.15, -0.1) is 0 Å². The fourth-order valence-corrected chi connectivity index (χ4v) is 2.88. The molecule has 0 aliphatic carbocycles. The number of halogens is 1. The number of piperidine rings is 2. The second kappa shape index (κ2) is 6.34. The topological polar surface area (TPSA) is 32.3 Å². The second-order valence-corrected chi connectivity index (χ2v) is 5.40. The molecule has 0 aromatic heterocycles. The predicted molar refractivity (Wildman–Crippen MR) is 65.5 cm³/mol. The largest absolute Gasteiger partial charge is 0.342 e. The molecule has 2 fully saturated rings. The Bertz CT molecular complexity index is 254. The molecule has 0 radical (unpaired) electrons. The van der Waals surface area contributed by atoms with Crippen LogP contribution in [-0.4, -0.2) is 43.7 Å². The number of hydrogen-bond donors (Lipinski definition) is 1. The van der Waals surface area contributed by atoms with Gasteiger partial charge in [0, 0.05) is 25.4 Å². The molecule has 1 atom stereocenters. The van der Waals surface area contributed by atoms with Crippen molar-refractivity contribution in [1.29, 1.82) is 0 Å². The van der Waals surface area contributed by atoms with E-state index < -0.39 is 0 Å². The molecule has 2 rings (SSSR count). The van der Waals surface area contributed by atoms with Crippen molar-refractivity contribution in [2.45, 2.75) is 32.1 Å². The molecule has 1 amide bonds. The Morgan fingerprint density at radius 2 is 2.00 bits per heavy atom. The monoisotopic (exact) mass is 242 g/mol. The van der Waals surface area contributed by atoms with E-state index in [4.69, 9.17) is 0 Å². The molecule has 2 heterocycles. The van der Waals surface area contributed by atoms with E-state index in [-0.39, 0.29) is 18.5 Å². The van der Waals surface area contributed by atoms with E-state index in [2.05, 4.69) is 5.32 Å². The van der Waals surface area contributed by atoms with Crippen LogP contribution in [0.15, 0.2) is 0 Å². The maximum absolute atomic E-state index is 12.6. The van der Waals surface area contributed by atoms with Crippen molar-refractivity contribution >= 4 is 5.91 Å². The summed E-state index contributed by atoms with van der Waals surface area (Å²) in [5.41, 5.74) is 0. The third kappa shape index (κ3) is 3.66. The number of carbonyl (C=O) groups is 1. The van der Waals surface area contributed by atoms with E-state index in [1.807, 2.05) is 4.90 Å². The first-order chi connectivity index (χ1) is 8.29. The number of likely N-dealkylation sites (tertiary alicyclic amines) is 1. The van der Waals surface area contributed by atoms with Crippen molar-refractivity contribution in [2.24, 2.45) is 11.8 Å². The van der Waals surface area contributed by atoms with Gasteiger partial charge in [0.05, 0.1) is 6.67 Å². The molecule has 2 aliphatic heterocycles. The van der Waals surface area contributed by atoms with Crippen LogP contribution in [0.1, 0.15) is 32.1 Å². The van der Waals surface area contributed by atoms with Gasteiger partial charge in [0.2, 0.25) is 5.91 Å². The predicted octanol–water partition coefficient (Wildman–Crippen LogP) is 1.58. The maximum Gasteiger partial charge on any atom is 0.222 e. The number of amides is 1. The zero-order chi connectivity index (χ0) is 12.1. The lowest BCUT2D eigenvalue weighted by molar-refractivity contribution is -0.134. The molecule has 98 valence electrons. The van der Waals surface area contributed by atoms with Crippen LogP contribution in [-0.2, 0) is 4.79 Å². The van der Waals surface area contributed by atoms with Crippen molar-refractivity contribution < 1.29 is 9.18 Å². The summed E-state index contributed by atoms with van der Waals surface area (Å²) in [6.07, 6.45) is 4.78. The molecule has 0 aromatic carbocycles. The van der Waals surface area contributed by atoms with Crippen molar-refractivity contribution in [1.82, 2.24) is 10.2 Å². The van der Waals surface area contributed by atoms with Crippen LogP contribution in [0.25, 0.3) is 0 Å². The number of nitrogens with zero attached hydrogens (tertiary/aromatic N) is 1.